The van der Waals surface area contributed by atoms with Gasteiger partial charge in [0, 0.05) is 24.3 Å². The number of hydrogen-bond donors (Lipinski definition) is 1. The number of nitrogens with one attached hydrogen (secondary N) is 1. The van der Waals surface area contributed by atoms with Gasteiger partial charge in [0.05, 0.1) is 16.8 Å². The number of amides is 1. The Morgan fingerprint density at radius 2 is 2.00 bits per heavy atom. The molecule has 1 N–H and O–H groups in total. The second-order valence-corrected chi connectivity index (χ2v) is 5.74. The minimum Gasteiger partial charge on any atom is -0.322 e. The fourth-order valence-electron chi connectivity index (χ4n) is 2.30. The highest BCUT2D eigenvalue weighted by atomic mass is 32.1. The molecule has 0 spiro atoms. The van der Waals surface area contributed by atoms with Crippen LogP contribution < -0.4 is 5.32 Å². The van der Waals surface area contributed by atoms with Crippen LogP contribution >= 0.6 is 11.3 Å². The highest BCUT2D eigenvalue weighted by Gasteiger charge is 2.16. The van der Waals surface area contributed by atoms with E-state index in [1.54, 1.807) is 46.6 Å². The highest BCUT2D eigenvalue weighted by Crippen LogP contribution is 2.25. The fraction of sp³-hybridized carbons (Fsp3) is 0. The van der Waals surface area contributed by atoms with Crippen LogP contribution in [-0.4, -0.2) is 25.5 Å². The zero-order valence-electron chi connectivity index (χ0n) is 11.9. The number of thiophene rings is 1. The third-order valence-electron chi connectivity index (χ3n) is 3.36. The van der Waals surface area contributed by atoms with E-state index in [-0.39, 0.29) is 5.91 Å². The van der Waals surface area contributed by atoms with Crippen LogP contribution in [0.1, 0.15) is 10.4 Å². The summed E-state index contributed by atoms with van der Waals surface area (Å²) < 4.78 is 1.69. The monoisotopic (exact) mass is 321 g/mol. The third kappa shape index (κ3) is 2.47. The summed E-state index contributed by atoms with van der Waals surface area (Å²) in [5.74, 6) is -0.248. The predicted octanol–water partition coefficient (Wildman–Crippen LogP) is 3.11. The molecular weight excluding hydrogens is 310 g/mol. The van der Waals surface area contributed by atoms with Crippen LogP contribution in [0.25, 0.3) is 16.2 Å². The number of carbonyl (C=O) groups is 1. The molecule has 0 atom stereocenters. The molecule has 0 unspecified atom stereocenters. The summed E-state index contributed by atoms with van der Waals surface area (Å²) in [4.78, 5) is 21.8. The van der Waals surface area contributed by atoms with Crippen molar-refractivity contribution in [3.63, 3.8) is 0 Å². The lowest BCUT2D eigenvalue weighted by Crippen LogP contribution is -2.12. The Hall–Kier alpha value is -3.06. The number of carbonyl (C=O) groups excluding carboxylic acids is 1. The number of pyridine rings is 1. The third-order valence-corrected chi connectivity index (χ3v) is 4.25. The average Bonchev–Trinajstić information content (AvgIpc) is 3.25. The minimum absolute atomic E-state index is 0.248. The lowest BCUT2D eigenvalue weighted by atomic mass is 10.3. The Kier molecular flexibility index (Phi) is 3.32. The van der Waals surface area contributed by atoms with Crippen LogP contribution in [0.4, 0.5) is 5.69 Å². The molecule has 4 heterocycles. The van der Waals surface area contributed by atoms with E-state index in [2.05, 4.69) is 20.4 Å². The van der Waals surface area contributed by atoms with Crippen LogP contribution in [0.3, 0.4) is 0 Å². The fourth-order valence-corrected chi connectivity index (χ4v) is 3.03. The molecule has 112 valence electrons. The van der Waals surface area contributed by atoms with E-state index in [9.17, 15) is 4.79 Å². The Labute approximate surface area is 135 Å². The minimum atomic E-state index is -0.248. The molecule has 0 saturated carbocycles. The van der Waals surface area contributed by atoms with Gasteiger partial charge in [0.2, 0.25) is 0 Å². The van der Waals surface area contributed by atoms with Gasteiger partial charge in [0.15, 0.2) is 5.65 Å². The van der Waals surface area contributed by atoms with Crippen LogP contribution in [0.15, 0.2) is 60.5 Å². The van der Waals surface area contributed by atoms with Crippen molar-refractivity contribution in [1.29, 1.82) is 0 Å². The molecule has 0 bridgehead atoms. The van der Waals surface area contributed by atoms with E-state index in [1.165, 1.54) is 6.20 Å². The predicted molar refractivity (Wildman–Crippen MR) is 88.5 cm³/mol. The average molecular weight is 321 g/mol. The lowest BCUT2D eigenvalue weighted by Gasteiger charge is -2.04. The first-order chi connectivity index (χ1) is 11.3. The highest BCUT2D eigenvalue weighted by molar-refractivity contribution is 7.13. The van der Waals surface area contributed by atoms with Gasteiger partial charge in [-0.15, -0.1) is 11.3 Å². The van der Waals surface area contributed by atoms with Crippen LogP contribution in [-0.2, 0) is 0 Å². The summed E-state index contributed by atoms with van der Waals surface area (Å²) >= 11 is 1.62. The number of fused-ring (bicyclic) bond motifs is 1. The van der Waals surface area contributed by atoms with Crippen LogP contribution in [0.5, 0.6) is 0 Å². The van der Waals surface area contributed by atoms with Crippen molar-refractivity contribution in [2.24, 2.45) is 0 Å². The van der Waals surface area contributed by atoms with Crippen molar-refractivity contribution in [3.05, 3.63) is 66.1 Å². The van der Waals surface area contributed by atoms with E-state index in [0.717, 1.165) is 10.6 Å². The molecular formula is C16H11N5OS. The number of nitrogens with zero attached hydrogens (tertiary/aromatic N) is 4. The van der Waals surface area contributed by atoms with Crippen molar-refractivity contribution >= 4 is 28.6 Å². The van der Waals surface area contributed by atoms with Crippen molar-refractivity contribution in [2.45, 2.75) is 0 Å². The van der Waals surface area contributed by atoms with Gasteiger partial charge >= 0.3 is 0 Å². The molecule has 0 aliphatic carbocycles. The quantitative estimate of drug-likeness (QED) is 0.629. The molecule has 0 aliphatic heterocycles. The Bertz CT molecular complexity index is 963. The van der Waals surface area contributed by atoms with Gasteiger partial charge in [-0.05, 0) is 29.6 Å². The van der Waals surface area contributed by atoms with Gasteiger partial charge in [-0.25, -0.2) is 9.50 Å². The van der Waals surface area contributed by atoms with Gasteiger partial charge in [-0.3, -0.25) is 9.78 Å². The second kappa shape index (κ2) is 5.62. The zero-order chi connectivity index (χ0) is 15.6. The Morgan fingerprint density at radius 1 is 1.13 bits per heavy atom. The van der Waals surface area contributed by atoms with E-state index in [4.69, 9.17) is 0 Å². The maximum Gasteiger partial charge on any atom is 0.261 e. The van der Waals surface area contributed by atoms with Crippen molar-refractivity contribution in [2.75, 3.05) is 5.32 Å². The van der Waals surface area contributed by atoms with Crippen molar-refractivity contribution in [3.8, 4) is 10.6 Å². The molecule has 0 aliphatic rings. The summed E-state index contributed by atoms with van der Waals surface area (Å²) in [7, 11) is 0. The Morgan fingerprint density at radius 3 is 2.78 bits per heavy atom. The molecule has 4 aromatic rings. The van der Waals surface area contributed by atoms with Crippen LogP contribution in [0, 0.1) is 0 Å². The van der Waals surface area contributed by atoms with Gasteiger partial charge in [0.1, 0.15) is 5.56 Å². The summed E-state index contributed by atoms with van der Waals surface area (Å²) in [6.07, 6.45) is 6.48. The summed E-state index contributed by atoms with van der Waals surface area (Å²) in [6, 6.07) is 9.34. The van der Waals surface area contributed by atoms with E-state index in [1.807, 2.05) is 23.6 Å². The van der Waals surface area contributed by atoms with Crippen molar-refractivity contribution < 1.29 is 4.79 Å². The zero-order valence-corrected chi connectivity index (χ0v) is 12.7. The first-order valence-electron chi connectivity index (χ1n) is 6.91. The number of anilines is 1. The van der Waals surface area contributed by atoms with Gasteiger partial charge < -0.3 is 5.32 Å². The topological polar surface area (TPSA) is 72.2 Å². The van der Waals surface area contributed by atoms with Crippen molar-refractivity contribution in [1.82, 2.24) is 19.6 Å². The summed E-state index contributed by atoms with van der Waals surface area (Å²) in [5, 5.41) is 9.15. The molecule has 0 aromatic carbocycles. The van der Waals surface area contributed by atoms with Crippen LogP contribution in [0.2, 0.25) is 0 Å². The molecule has 4 rings (SSSR count). The standard InChI is InChI=1S/C16H11N5OS/c22-16(20-11-3-6-17-7-4-11)12-10-19-21-13(5-8-18-15(12)21)14-2-1-9-23-14/h1-10H,(H,17,20,22). The molecule has 23 heavy (non-hydrogen) atoms. The molecule has 4 aromatic heterocycles. The molecule has 6 nitrogen and oxygen atoms in total. The number of aromatic nitrogens is 4. The SMILES string of the molecule is O=C(Nc1ccncc1)c1cnn2c(-c3cccs3)ccnc12. The second-order valence-electron chi connectivity index (χ2n) is 4.79. The molecule has 0 radical (unpaired) electrons. The lowest BCUT2D eigenvalue weighted by molar-refractivity contribution is 0.102. The first-order valence-corrected chi connectivity index (χ1v) is 7.79. The number of hydrogen-bond acceptors (Lipinski definition) is 5. The molecule has 0 saturated heterocycles. The van der Waals surface area contributed by atoms with E-state index in [0.29, 0.717) is 16.9 Å². The smallest absolute Gasteiger partial charge is 0.261 e. The van der Waals surface area contributed by atoms with E-state index >= 15 is 0 Å². The maximum atomic E-state index is 12.5. The van der Waals surface area contributed by atoms with Gasteiger partial charge in [0.25, 0.3) is 5.91 Å². The largest absolute Gasteiger partial charge is 0.322 e. The van der Waals surface area contributed by atoms with Gasteiger partial charge in [-0.2, -0.15) is 5.10 Å². The first kappa shape index (κ1) is 13.6. The van der Waals surface area contributed by atoms with Gasteiger partial charge in [-0.1, -0.05) is 6.07 Å². The molecule has 0 fully saturated rings. The summed E-state index contributed by atoms with van der Waals surface area (Å²) in [5.41, 5.74) is 2.55. The number of rotatable bonds is 3. The molecule has 7 heteroatoms. The summed E-state index contributed by atoms with van der Waals surface area (Å²) in [6.45, 7) is 0. The van der Waals surface area contributed by atoms with E-state index < -0.39 is 0 Å². The maximum absolute atomic E-state index is 12.5. The molecule has 1 amide bonds. The Balaban J connectivity index is 1.74. The normalized spacial score (nSPS) is 10.8.